The highest BCUT2D eigenvalue weighted by molar-refractivity contribution is 6.04. The van der Waals surface area contributed by atoms with Crippen molar-refractivity contribution in [2.24, 2.45) is 0 Å². The second-order valence-corrected chi connectivity index (χ2v) is 8.06. The van der Waals surface area contributed by atoms with Gasteiger partial charge in [-0.3, -0.25) is 4.79 Å². The van der Waals surface area contributed by atoms with Crippen LogP contribution in [-0.4, -0.2) is 20.9 Å². The number of hydrogen-bond donors (Lipinski definition) is 3. The monoisotopic (exact) mass is 438 g/mol. The fraction of sp³-hybridized carbons (Fsp3) is 0.154. The van der Waals surface area contributed by atoms with Gasteiger partial charge in [-0.25, -0.2) is 15.0 Å². The van der Waals surface area contributed by atoms with Crippen LogP contribution in [0.4, 0.5) is 28.8 Å². The summed E-state index contributed by atoms with van der Waals surface area (Å²) in [6.45, 7) is 7.82. The number of nitrogens with zero attached hydrogens (tertiary/aromatic N) is 3. The van der Waals surface area contributed by atoms with E-state index < -0.39 is 0 Å². The molecular formula is C26H26N6O. The Bertz CT molecular complexity index is 1280. The predicted octanol–water partition coefficient (Wildman–Crippen LogP) is 5.84. The standard InChI is InChI=1S/C26H26N6O/c1-16-9-10-27-23(14-16)32-25-15-24(28-19(4)29-25)30-21-5-7-22(8-6-21)31-26(33)20-12-17(2)11-18(3)13-20/h5-15H,1-4H3,(H,31,33)(H2,27,28,29,30,32). The topological polar surface area (TPSA) is 91.8 Å². The van der Waals surface area contributed by atoms with Crippen LogP contribution < -0.4 is 16.0 Å². The Morgan fingerprint density at radius 1 is 0.667 bits per heavy atom. The van der Waals surface area contributed by atoms with Crippen molar-refractivity contribution >= 4 is 34.7 Å². The second-order valence-electron chi connectivity index (χ2n) is 8.06. The van der Waals surface area contributed by atoms with E-state index in [1.807, 2.05) is 88.4 Å². The minimum atomic E-state index is -0.130. The summed E-state index contributed by atoms with van der Waals surface area (Å²) in [6.07, 6.45) is 1.76. The molecule has 0 saturated heterocycles. The number of rotatable bonds is 6. The van der Waals surface area contributed by atoms with Crippen molar-refractivity contribution in [2.45, 2.75) is 27.7 Å². The van der Waals surface area contributed by atoms with Crippen molar-refractivity contribution in [3.05, 3.63) is 94.9 Å². The third kappa shape index (κ3) is 5.92. The number of carbonyl (C=O) groups is 1. The van der Waals surface area contributed by atoms with Gasteiger partial charge in [0.05, 0.1) is 0 Å². The van der Waals surface area contributed by atoms with Gasteiger partial charge in [-0.2, -0.15) is 0 Å². The van der Waals surface area contributed by atoms with E-state index in [-0.39, 0.29) is 5.91 Å². The normalized spacial score (nSPS) is 10.5. The number of carbonyl (C=O) groups excluding carboxylic acids is 1. The molecule has 0 atom stereocenters. The molecule has 0 saturated carbocycles. The molecule has 2 heterocycles. The van der Waals surface area contributed by atoms with Crippen LogP contribution in [0, 0.1) is 27.7 Å². The number of hydrogen-bond acceptors (Lipinski definition) is 6. The minimum Gasteiger partial charge on any atom is -0.340 e. The van der Waals surface area contributed by atoms with Crippen molar-refractivity contribution in [2.75, 3.05) is 16.0 Å². The fourth-order valence-electron chi connectivity index (χ4n) is 3.53. The van der Waals surface area contributed by atoms with Crippen molar-refractivity contribution < 1.29 is 4.79 Å². The smallest absolute Gasteiger partial charge is 0.255 e. The Morgan fingerprint density at radius 2 is 1.30 bits per heavy atom. The van der Waals surface area contributed by atoms with Crippen LogP contribution in [0.5, 0.6) is 0 Å². The Kier molecular flexibility index (Phi) is 6.31. The van der Waals surface area contributed by atoms with E-state index in [0.29, 0.717) is 23.0 Å². The molecule has 0 spiro atoms. The van der Waals surface area contributed by atoms with Crippen molar-refractivity contribution in [1.82, 2.24) is 15.0 Å². The highest BCUT2D eigenvalue weighted by atomic mass is 16.1. The molecular weight excluding hydrogens is 412 g/mol. The Morgan fingerprint density at radius 3 is 1.97 bits per heavy atom. The van der Waals surface area contributed by atoms with E-state index >= 15 is 0 Å². The third-order valence-corrected chi connectivity index (χ3v) is 4.91. The van der Waals surface area contributed by atoms with Crippen molar-refractivity contribution in [3.63, 3.8) is 0 Å². The van der Waals surface area contributed by atoms with E-state index in [1.54, 1.807) is 6.20 Å². The molecule has 4 aromatic rings. The van der Waals surface area contributed by atoms with Gasteiger partial charge in [0, 0.05) is 29.2 Å². The summed E-state index contributed by atoms with van der Waals surface area (Å²) < 4.78 is 0. The first kappa shape index (κ1) is 22.0. The molecule has 7 heteroatoms. The Hall–Kier alpha value is -4.26. The summed E-state index contributed by atoms with van der Waals surface area (Å²) in [4.78, 5) is 25.8. The van der Waals surface area contributed by atoms with Crippen LogP contribution in [0.2, 0.25) is 0 Å². The van der Waals surface area contributed by atoms with E-state index in [2.05, 4.69) is 30.9 Å². The van der Waals surface area contributed by atoms with Gasteiger partial charge in [0.15, 0.2) is 0 Å². The van der Waals surface area contributed by atoms with Crippen molar-refractivity contribution in [1.29, 1.82) is 0 Å². The zero-order valence-corrected chi connectivity index (χ0v) is 19.1. The summed E-state index contributed by atoms with van der Waals surface area (Å²) in [5.74, 6) is 2.54. The average Bonchev–Trinajstić information content (AvgIpc) is 2.74. The summed E-state index contributed by atoms with van der Waals surface area (Å²) in [5.41, 5.74) is 5.45. The van der Waals surface area contributed by atoms with Crippen molar-refractivity contribution in [3.8, 4) is 0 Å². The highest BCUT2D eigenvalue weighted by Gasteiger charge is 2.08. The van der Waals surface area contributed by atoms with E-state index in [0.717, 1.165) is 33.9 Å². The lowest BCUT2D eigenvalue weighted by Crippen LogP contribution is -2.12. The van der Waals surface area contributed by atoms with Gasteiger partial charge in [0.25, 0.3) is 5.91 Å². The van der Waals surface area contributed by atoms with Crippen LogP contribution in [0.1, 0.15) is 32.9 Å². The lowest BCUT2D eigenvalue weighted by atomic mass is 10.1. The van der Waals surface area contributed by atoms with Gasteiger partial charge in [-0.05, 0) is 81.8 Å². The summed E-state index contributed by atoms with van der Waals surface area (Å²) in [7, 11) is 0. The number of nitrogens with one attached hydrogen (secondary N) is 3. The molecule has 0 radical (unpaired) electrons. The number of amides is 1. The van der Waals surface area contributed by atoms with Crippen LogP contribution in [0.25, 0.3) is 0 Å². The maximum absolute atomic E-state index is 12.6. The van der Waals surface area contributed by atoms with Gasteiger partial charge in [0.1, 0.15) is 23.3 Å². The molecule has 4 rings (SSSR count). The van der Waals surface area contributed by atoms with E-state index in [1.165, 1.54) is 0 Å². The van der Waals surface area contributed by atoms with E-state index in [4.69, 9.17) is 0 Å². The first-order valence-corrected chi connectivity index (χ1v) is 10.7. The Balaban J connectivity index is 1.44. The van der Waals surface area contributed by atoms with Gasteiger partial charge >= 0.3 is 0 Å². The fourth-order valence-corrected chi connectivity index (χ4v) is 3.53. The average molecular weight is 439 g/mol. The van der Waals surface area contributed by atoms with Crippen LogP contribution >= 0.6 is 0 Å². The minimum absolute atomic E-state index is 0.130. The highest BCUT2D eigenvalue weighted by Crippen LogP contribution is 2.22. The Labute approximate surface area is 193 Å². The molecule has 0 aliphatic rings. The SMILES string of the molecule is Cc1cc(C)cc(C(=O)Nc2ccc(Nc3cc(Nc4cc(C)ccn4)nc(C)n3)cc2)c1. The number of benzene rings is 2. The van der Waals surface area contributed by atoms with Crippen LogP contribution in [0.15, 0.2) is 66.9 Å². The first-order valence-electron chi connectivity index (χ1n) is 10.7. The number of aromatic nitrogens is 3. The lowest BCUT2D eigenvalue weighted by Gasteiger charge is -2.11. The lowest BCUT2D eigenvalue weighted by molar-refractivity contribution is 0.102. The molecule has 2 aromatic carbocycles. The zero-order valence-electron chi connectivity index (χ0n) is 19.1. The molecule has 0 aliphatic heterocycles. The van der Waals surface area contributed by atoms with Gasteiger partial charge in [0.2, 0.25) is 0 Å². The quantitative estimate of drug-likeness (QED) is 0.350. The van der Waals surface area contributed by atoms with Gasteiger partial charge < -0.3 is 16.0 Å². The van der Waals surface area contributed by atoms with Gasteiger partial charge in [-0.15, -0.1) is 0 Å². The number of pyridine rings is 1. The molecule has 0 bridgehead atoms. The molecule has 166 valence electrons. The first-order chi connectivity index (χ1) is 15.8. The molecule has 2 aromatic heterocycles. The van der Waals surface area contributed by atoms with Gasteiger partial charge in [-0.1, -0.05) is 17.2 Å². The summed E-state index contributed by atoms with van der Waals surface area (Å²) in [5, 5.41) is 9.45. The summed E-state index contributed by atoms with van der Waals surface area (Å²) >= 11 is 0. The molecule has 0 aliphatic carbocycles. The number of aryl methyl sites for hydroxylation is 4. The maximum Gasteiger partial charge on any atom is 0.255 e. The third-order valence-electron chi connectivity index (χ3n) is 4.91. The van der Waals surface area contributed by atoms with E-state index in [9.17, 15) is 4.79 Å². The zero-order chi connectivity index (χ0) is 23.4. The molecule has 0 fully saturated rings. The molecule has 3 N–H and O–H groups in total. The molecule has 33 heavy (non-hydrogen) atoms. The predicted molar refractivity (Wildman–Crippen MR) is 133 cm³/mol. The molecule has 1 amide bonds. The van der Waals surface area contributed by atoms with Crippen LogP contribution in [-0.2, 0) is 0 Å². The number of anilines is 5. The molecule has 7 nitrogen and oxygen atoms in total. The summed E-state index contributed by atoms with van der Waals surface area (Å²) in [6, 6.07) is 19.0. The molecule has 0 unspecified atom stereocenters. The maximum atomic E-state index is 12.6. The largest absolute Gasteiger partial charge is 0.340 e. The second kappa shape index (κ2) is 9.48. The van der Waals surface area contributed by atoms with Crippen LogP contribution in [0.3, 0.4) is 0 Å².